The minimum Gasteiger partial charge on any atom is -0.310 e. The molecule has 3 nitrogen and oxygen atoms in total. The van der Waals surface area contributed by atoms with E-state index in [9.17, 15) is 0 Å². The van der Waals surface area contributed by atoms with Gasteiger partial charge in [-0.2, -0.15) is 0 Å². The first-order valence-electron chi connectivity index (χ1n) is 7.43. The van der Waals surface area contributed by atoms with Gasteiger partial charge in [0.2, 0.25) is 0 Å². The van der Waals surface area contributed by atoms with Crippen LogP contribution in [0.5, 0.6) is 0 Å². The molecular formula is C17H25N3S. The number of benzene rings is 1. The van der Waals surface area contributed by atoms with Gasteiger partial charge >= 0.3 is 0 Å². The topological polar surface area (TPSA) is 28.2 Å². The molecule has 0 aliphatic rings. The summed E-state index contributed by atoms with van der Waals surface area (Å²) < 4.78 is 0. The van der Waals surface area contributed by atoms with E-state index in [1.54, 1.807) is 11.3 Å². The number of aromatic nitrogens is 1. The van der Waals surface area contributed by atoms with E-state index in [1.807, 2.05) is 0 Å². The van der Waals surface area contributed by atoms with Gasteiger partial charge in [0, 0.05) is 31.1 Å². The second-order valence-corrected chi connectivity index (χ2v) is 6.94. The largest absolute Gasteiger partial charge is 0.310 e. The Labute approximate surface area is 132 Å². The highest BCUT2D eigenvalue weighted by Crippen LogP contribution is 2.12. The van der Waals surface area contributed by atoms with Gasteiger partial charge in [-0.25, -0.2) is 4.98 Å². The smallest absolute Gasteiger partial charge is 0.0897 e. The Hall–Kier alpha value is -1.23. The molecule has 0 amide bonds. The van der Waals surface area contributed by atoms with Crippen LogP contribution in [-0.2, 0) is 19.6 Å². The molecule has 0 fully saturated rings. The summed E-state index contributed by atoms with van der Waals surface area (Å²) >= 11 is 1.72. The summed E-state index contributed by atoms with van der Waals surface area (Å²) in [7, 11) is 2.14. The van der Waals surface area contributed by atoms with Gasteiger partial charge in [-0.15, -0.1) is 11.3 Å². The number of nitrogens with one attached hydrogen (secondary N) is 1. The van der Waals surface area contributed by atoms with E-state index >= 15 is 0 Å². The second-order valence-electron chi connectivity index (χ2n) is 5.88. The zero-order valence-corrected chi connectivity index (χ0v) is 14.2. The number of hydrogen-bond donors (Lipinski definition) is 1. The van der Waals surface area contributed by atoms with Gasteiger partial charge < -0.3 is 5.32 Å². The molecule has 21 heavy (non-hydrogen) atoms. The Morgan fingerprint density at radius 2 is 1.81 bits per heavy atom. The Kier molecular flexibility index (Phi) is 5.91. The van der Waals surface area contributed by atoms with Gasteiger partial charge in [0.1, 0.15) is 0 Å². The molecule has 0 spiro atoms. The molecule has 114 valence electrons. The van der Waals surface area contributed by atoms with Crippen molar-refractivity contribution < 1.29 is 0 Å². The van der Waals surface area contributed by atoms with Gasteiger partial charge in [0.25, 0.3) is 0 Å². The SMILES string of the molecule is Cc1nc(CN(C)Cc2ccc(CNC(C)C)cc2)cs1. The number of rotatable bonds is 7. The fraction of sp³-hybridized carbons (Fsp3) is 0.471. The van der Waals surface area contributed by atoms with Crippen molar-refractivity contribution in [3.05, 3.63) is 51.5 Å². The fourth-order valence-electron chi connectivity index (χ4n) is 2.21. The molecule has 0 bridgehead atoms. The lowest BCUT2D eigenvalue weighted by Gasteiger charge is -2.16. The maximum absolute atomic E-state index is 4.52. The van der Waals surface area contributed by atoms with Gasteiger partial charge in [-0.05, 0) is 25.1 Å². The van der Waals surface area contributed by atoms with Crippen molar-refractivity contribution >= 4 is 11.3 Å². The second kappa shape index (κ2) is 7.69. The minimum atomic E-state index is 0.525. The summed E-state index contributed by atoms with van der Waals surface area (Å²) in [5.41, 5.74) is 3.85. The standard InChI is InChI=1S/C17H25N3S/c1-13(2)18-9-15-5-7-16(8-6-15)10-20(4)11-17-12-21-14(3)19-17/h5-8,12-13,18H,9-11H2,1-4H3. The van der Waals surface area contributed by atoms with Crippen molar-refractivity contribution in [2.75, 3.05) is 7.05 Å². The third-order valence-corrected chi connectivity index (χ3v) is 4.11. The summed E-state index contributed by atoms with van der Waals surface area (Å²) in [4.78, 5) is 6.82. The molecule has 1 aromatic heterocycles. The normalized spacial score (nSPS) is 11.5. The highest BCUT2D eigenvalue weighted by Gasteiger charge is 2.05. The molecule has 0 aliphatic heterocycles. The summed E-state index contributed by atoms with van der Waals surface area (Å²) in [5.74, 6) is 0. The lowest BCUT2D eigenvalue weighted by molar-refractivity contribution is 0.315. The van der Waals surface area contributed by atoms with Crippen LogP contribution in [0.2, 0.25) is 0 Å². The van der Waals surface area contributed by atoms with Crippen LogP contribution in [0, 0.1) is 6.92 Å². The predicted molar refractivity (Wildman–Crippen MR) is 90.4 cm³/mol. The summed E-state index contributed by atoms with van der Waals surface area (Å²) in [6.07, 6.45) is 0. The maximum atomic E-state index is 4.52. The van der Waals surface area contributed by atoms with Crippen LogP contribution < -0.4 is 5.32 Å². The number of aryl methyl sites for hydroxylation is 1. The maximum Gasteiger partial charge on any atom is 0.0897 e. The van der Waals surface area contributed by atoms with Crippen molar-refractivity contribution in [1.29, 1.82) is 0 Å². The number of nitrogens with zero attached hydrogens (tertiary/aromatic N) is 2. The monoisotopic (exact) mass is 303 g/mol. The predicted octanol–water partition coefficient (Wildman–Crippen LogP) is 3.58. The Bertz CT molecular complexity index is 545. The van der Waals surface area contributed by atoms with Crippen LogP contribution in [0.4, 0.5) is 0 Å². The molecule has 2 aromatic rings. The summed E-state index contributed by atoms with van der Waals surface area (Å²) in [6.45, 7) is 9.19. The van der Waals surface area contributed by atoms with Gasteiger partial charge in [0.05, 0.1) is 10.7 Å². The average molecular weight is 303 g/mol. The molecule has 0 unspecified atom stereocenters. The van der Waals surface area contributed by atoms with Crippen LogP contribution >= 0.6 is 11.3 Å². The highest BCUT2D eigenvalue weighted by atomic mass is 32.1. The third kappa shape index (κ3) is 5.58. The lowest BCUT2D eigenvalue weighted by atomic mass is 10.1. The molecule has 2 rings (SSSR count). The Morgan fingerprint density at radius 1 is 1.14 bits per heavy atom. The first kappa shape index (κ1) is 16.1. The van der Waals surface area contributed by atoms with Crippen LogP contribution in [0.15, 0.2) is 29.6 Å². The molecule has 1 aromatic carbocycles. The molecule has 1 N–H and O–H groups in total. The molecule has 1 heterocycles. The van der Waals surface area contributed by atoms with Crippen molar-refractivity contribution in [3.63, 3.8) is 0 Å². The van der Waals surface area contributed by atoms with E-state index in [0.717, 1.165) is 30.3 Å². The molecule has 0 saturated heterocycles. The van der Waals surface area contributed by atoms with Crippen molar-refractivity contribution in [2.45, 2.75) is 46.4 Å². The lowest BCUT2D eigenvalue weighted by Crippen LogP contribution is -2.21. The summed E-state index contributed by atoms with van der Waals surface area (Å²) in [5, 5.41) is 6.72. The average Bonchev–Trinajstić information content (AvgIpc) is 2.83. The van der Waals surface area contributed by atoms with Gasteiger partial charge in [-0.3, -0.25) is 4.90 Å². The first-order valence-corrected chi connectivity index (χ1v) is 8.31. The van der Waals surface area contributed by atoms with Crippen molar-refractivity contribution in [1.82, 2.24) is 15.2 Å². The third-order valence-electron chi connectivity index (χ3n) is 3.29. The van der Waals surface area contributed by atoms with Crippen LogP contribution in [0.1, 0.15) is 35.7 Å². The zero-order chi connectivity index (χ0) is 15.2. The van der Waals surface area contributed by atoms with Crippen molar-refractivity contribution in [2.24, 2.45) is 0 Å². The fourth-order valence-corrected chi connectivity index (χ4v) is 2.81. The van der Waals surface area contributed by atoms with Gasteiger partial charge in [-0.1, -0.05) is 38.1 Å². The van der Waals surface area contributed by atoms with E-state index in [2.05, 4.69) is 72.7 Å². The molecule has 0 radical (unpaired) electrons. The summed E-state index contributed by atoms with van der Waals surface area (Å²) in [6, 6.07) is 9.40. The molecule has 4 heteroatoms. The van der Waals surface area contributed by atoms with Gasteiger partial charge in [0.15, 0.2) is 0 Å². The Balaban J connectivity index is 1.84. The highest BCUT2D eigenvalue weighted by molar-refractivity contribution is 7.09. The number of thiazole rings is 1. The van der Waals surface area contributed by atoms with Crippen LogP contribution in [0.3, 0.4) is 0 Å². The van der Waals surface area contributed by atoms with E-state index in [-0.39, 0.29) is 0 Å². The number of hydrogen-bond acceptors (Lipinski definition) is 4. The quantitative estimate of drug-likeness (QED) is 0.847. The van der Waals surface area contributed by atoms with E-state index in [1.165, 1.54) is 11.1 Å². The van der Waals surface area contributed by atoms with E-state index in [0.29, 0.717) is 6.04 Å². The van der Waals surface area contributed by atoms with Crippen LogP contribution in [0.25, 0.3) is 0 Å². The van der Waals surface area contributed by atoms with Crippen LogP contribution in [-0.4, -0.2) is 23.0 Å². The van der Waals surface area contributed by atoms with E-state index < -0.39 is 0 Å². The zero-order valence-electron chi connectivity index (χ0n) is 13.4. The molecular weight excluding hydrogens is 278 g/mol. The molecule has 0 aliphatic carbocycles. The molecule has 0 saturated carbocycles. The van der Waals surface area contributed by atoms with E-state index in [4.69, 9.17) is 0 Å². The van der Waals surface area contributed by atoms with Crippen molar-refractivity contribution in [3.8, 4) is 0 Å². The Morgan fingerprint density at radius 3 is 2.38 bits per heavy atom. The molecule has 0 atom stereocenters. The minimum absolute atomic E-state index is 0.525. The first-order chi connectivity index (χ1) is 10.0.